The Morgan fingerprint density at radius 1 is 0.580 bits per heavy atom. The first-order valence-corrected chi connectivity index (χ1v) is 17.3. The van der Waals surface area contributed by atoms with Crippen LogP contribution >= 0.6 is 0 Å². The molecule has 0 fully saturated rings. The minimum Gasteiger partial charge on any atom is -0.344 e. The molecule has 0 saturated carbocycles. The van der Waals surface area contributed by atoms with Crippen molar-refractivity contribution in [2.45, 2.75) is 19.0 Å². The van der Waals surface area contributed by atoms with E-state index in [4.69, 9.17) is 9.98 Å². The number of benzene rings is 6. The van der Waals surface area contributed by atoms with Gasteiger partial charge in [-0.15, -0.1) is 0 Å². The number of allylic oxidation sites excluding steroid dienone is 1. The summed E-state index contributed by atoms with van der Waals surface area (Å²) in [5, 5.41) is 7.42. The Labute approximate surface area is 290 Å². The standard InChI is InChI=1S/C45H33N5/c1-4-14-30(15-5-1)43-46-44(31-16-6-2-7-17-31)48-45(47-43)32-24-26-34(27-25-32)50-38-22-12-10-20-35(38)36-28-29-40-41(42(36)50)37-21-11-13-23-39(37)49(40)33-18-8-3-9-19-33/h1-10,12-20,22-29,43H,11,21H2,(H,46,47,48). The normalized spacial score (nSPS) is 15.6. The maximum absolute atomic E-state index is 5.11. The first-order chi connectivity index (χ1) is 24.8. The van der Waals surface area contributed by atoms with Gasteiger partial charge in [-0.3, -0.25) is 0 Å². The molecule has 5 nitrogen and oxygen atoms in total. The van der Waals surface area contributed by atoms with Crippen molar-refractivity contribution in [3.63, 3.8) is 0 Å². The summed E-state index contributed by atoms with van der Waals surface area (Å²) in [5.41, 5.74) is 11.8. The van der Waals surface area contributed by atoms with Gasteiger partial charge in [-0.2, -0.15) is 0 Å². The van der Waals surface area contributed by atoms with Crippen molar-refractivity contribution in [2.24, 2.45) is 9.98 Å². The molecule has 50 heavy (non-hydrogen) atoms. The van der Waals surface area contributed by atoms with Crippen molar-refractivity contribution in [2.75, 3.05) is 0 Å². The molecule has 1 N–H and O–H groups in total. The molecule has 2 aromatic heterocycles. The second-order valence-electron chi connectivity index (χ2n) is 13.0. The van der Waals surface area contributed by atoms with E-state index >= 15 is 0 Å². The van der Waals surface area contributed by atoms with Gasteiger partial charge in [0, 0.05) is 44.4 Å². The van der Waals surface area contributed by atoms with Crippen LogP contribution in [-0.4, -0.2) is 20.8 Å². The number of aliphatic imine (C=N–C) groups is 2. The van der Waals surface area contributed by atoms with E-state index in [2.05, 4.69) is 154 Å². The molecular formula is C45H33N5. The molecule has 5 heteroatoms. The molecule has 1 atom stereocenters. The number of rotatable bonds is 5. The fourth-order valence-corrected chi connectivity index (χ4v) is 7.78. The summed E-state index contributed by atoms with van der Waals surface area (Å²) < 4.78 is 4.89. The highest BCUT2D eigenvalue weighted by Gasteiger charge is 2.25. The van der Waals surface area contributed by atoms with Gasteiger partial charge < -0.3 is 14.5 Å². The van der Waals surface area contributed by atoms with E-state index in [9.17, 15) is 0 Å². The van der Waals surface area contributed by atoms with E-state index in [1.54, 1.807) is 0 Å². The third kappa shape index (κ3) is 4.55. The van der Waals surface area contributed by atoms with E-state index in [-0.39, 0.29) is 6.17 Å². The average molecular weight is 644 g/mol. The summed E-state index contributed by atoms with van der Waals surface area (Å²) in [5.74, 6) is 1.54. The number of hydrogen-bond acceptors (Lipinski definition) is 3. The maximum Gasteiger partial charge on any atom is 0.159 e. The molecule has 0 saturated heterocycles. The average Bonchev–Trinajstić information content (AvgIpc) is 3.72. The Morgan fingerprint density at radius 2 is 1.28 bits per heavy atom. The van der Waals surface area contributed by atoms with Crippen LogP contribution in [-0.2, 0) is 6.42 Å². The zero-order valence-corrected chi connectivity index (χ0v) is 27.4. The van der Waals surface area contributed by atoms with Crippen LogP contribution in [0.5, 0.6) is 0 Å². The number of nitrogens with zero attached hydrogens (tertiary/aromatic N) is 4. The monoisotopic (exact) mass is 643 g/mol. The number of fused-ring (bicyclic) bond motifs is 7. The van der Waals surface area contributed by atoms with Gasteiger partial charge in [0.2, 0.25) is 0 Å². The second-order valence-corrected chi connectivity index (χ2v) is 13.0. The van der Waals surface area contributed by atoms with Crippen LogP contribution in [0.4, 0.5) is 0 Å². The van der Waals surface area contributed by atoms with E-state index < -0.39 is 0 Å². The lowest BCUT2D eigenvalue weighted by molar-refractivity contribution is 0.674. The smallest absolute Gasteiger partial charge is 0.159 e. The number of amidine groups is 2. The van der Waals surface area contributed by atoms with Crippen molar-refractivity contribution in [1.82, 2.24) is 14.5 Å². The van der Waals surface area contributed by atoms with Crippen molar-refractivity contribution < 1.29 is 0 Å². The van der Waals surface area contributed by atoms with E-state index in [0.29, 0.717) is 5.84 Å². The second kappa shape index (κ2) is 11.6. The van der Waals surface area contributed by atoms with E-state index in [0.717, 1.165) is 41.1 Å². The number of hydrogen-bond donors (Lipinski definition) is 1. The Kier molecular flexibility index (Phi) is 6.62. The summed E-state index contributed by atoms with van der Waals surface area (Å²) >= 11 is 0. The molecule has 0 bridgehead atoms. The summed E-state index contributed by atoms with van der Waals surface area (Å²) in [6.07, 6.45) is 6.44. The lowest BCUT2D eigenvalue weighted by Crippen LogP contribution is -2.33. The van der Waals surface area contributed by atoms with Crippen LogP contribution in [0.3, 0.4) is 0 Å². The highest BCUT2D eigenvalue weighted by atomic mass is 15.2. The van der Waals surface area contributed by atoms with Gasteiger partial charge >= 0.3 is 0 Å². The zero-order chi connectivity index (χ0) is 33.0. The predicted octanol–water partition coefficient (Wildman–Crippen LogP) is 10.2. The summed E-state index contributed by atoms with van der Waals surface area (Å²) in [6.45, 7) is 0. The Morgan fingerprint density at radius 3 is 2.08 bits per heavy atom. The van der Waals surface area contributed by atoms with Gasteiger partial charge in [-0.25, -0.2) is 9.98 Å². The zero-order valence-electron chi connectivity index (χ0n) is 27.4. The van der Waals surface area contributed by atoms with Crippen LogP contribution in [0.2, 0.25) is 0 Å². The first-order valence-electron chi connectivity index (χ1n) is 17.3. The number of aromatic nitrogens is 2. The molecule has 0 spiro atoms. The Balaban J connectivity index is 1.16. The Hall–Kier alpha value is -6.46. The molecule has 3 heterocycles. The molecule has 6 aromatic carbocycles. The van der Waals surface area contributed by atoms with E-state index in [1.807, 2.05) is 24.3 Å². The summed E-state index contributed by atoms with van der Waals surface area (Å²) in [7, 11) is 0. The molecular weight excluding hydrogens is 611 g/mol. The topological polar surface area (TPSA) is 46.6 Å². The third-order valence-electron chi connectivity index (χ3n) is 10.0. The maximum atomic E-state index is 5.11. The number of nitrogens with one attached hydrogen (secondary N) is 1. The fraction of sp³-hybridized carbons (Fsp3) is 0.0667. The highest BCUT2D eigenvalue weighted by molar-refractivity contribution is 6.20. The largest absolute Gasteiger partial charge is 0.344 e. The SMILES string of the molecule is C1=Cc2c(c3c(ccc4c5ccccc5n(-c5ccc(C6=NC(c7ccccc7)NC(c7ccccc7)=N6)cc5)c43)n2-c2ccccc2)CC1. The Bertz CT molecular complexity index is 2640. The van der Waals surface area contributed by atoms with Crippen LogP contribution in [0, 0.1) is 0 Å². The van der Waals surface area contributed by atoms with Gasteiger partial charge in [0.05, 0.1) is 16.6 Å². The lowest BCUT2D eigenvalue weighted by Gasteiger charge is -2.23. The van der Waals surface area contributed by atoms with Crippen LogP contribution in [0.25, 0.3) is 50.2 Å². The van der Waals surface area contributed by atoms with Crippen molar-refractivity contribution in [1.29, 1.82) is 0 Å². The summed E-state index contributed by atoms with van der Waals surface area (Å²) in [6, 6.07) is 53.6. The van der Waals surface area contributed by atoms with Gasteiger partial charge in [0.1, 0.15) is 12.0 Å². The molecule has 0 radical (unpaired) electrons. The fourth-order valence-electron chi connectivity index (χ4n) is 7.78. The lowest BCUT2D eigenvalue weighted by atomic mass is 9.99. The summed E-state index contributed by atoms with van der Waals surface area (Å²) in [4.78, 5) is 10.2. The van der Waals surface area contributed by atoms with Crippen LogP contribution in [0.15, 0.2) is 168 Å². The van der Waals surface area contributed by atoms with Crippen LogP contribution < -0.4 is 5.32 Å². The quantitative estimate of drug-likeness (QED) is 0.199. The molecule has 8 aromatic rings. The molecule has 2 aliphatic rings. The van der Waals surface area contributed by atoms with Gasteiger partial charge in [0.25, 0.3) is 0 Å². The minimum atomic E-state index is -0.238. The highest BCUT2D eigenvalue weighted by Crippen LogP contribution is 2.42. The van der Waals surface area contributed by atoms with Gasteiger partial charge in [0.15, 0.2) is 5.84 Å². The van der Waals surface area contributed by atoms with E-state index in [1.165, 1.54) is 49.7 Å². The van der Waals surface area contributed by atoms with Crippen molar-refractivity contribution >= 4 is 50.5 Å². The molecule has 238 valence electrons. The molecule has 0 amide bonds. The van der Waals surface area contributed by atoms with Crippen molar-refractivity contribution in [3.05, 3.63) is 186 Å². The minimum absolute atomic E-state index is 0.238. The molecule has 1 aliphatic carbocycles. The van der Waals surface area contributed by atoms with Crippen LogP contribution in [0.1, 0.15) is 40.5 Å². The van der Waals surface area contributed by atoms with Gasteiger partial charge in [-0.05, 0) is 78.6 Å². The van der Waals surface area contributed by atoms with Crippen molar-refractivity contribution in [3.8, 4) is 11.4 Å². The third-order valence-corrected chi connectivity index (χ3v) is 10.0. The van der Waals surface area contributed by atoms with Gasteiger partial charge in [-0.1, -0.05) is 109 Å². The molecule has 1 unspecified atom stereocenters. The molecule has 10 rings (SSSR count). The number of aryl methyl sites for hydroxylation is 1. The molecule has 1 aliphatic heterocycles. The first kappa shape index (κ1) is 28.5. The predicted molar refractivity (Wildman–Crippen MR) is 207 cm³/mol. The number of para-hydroxylation sites is 2.